The molecule has 1 aromatic heterocycles. The van der Waals surface area contributed by atoms with E-state index in [0.717, 1.165) is 37.1 Å². The predicted molar refractivity (Wildman–Crippen MR) is 85.7 cm³/mol. The minimum absolute atomic E-state index is 0.108. The van der Waals surface area contributed by atoms with E-state index in [-0.39, 0.29) is 11.4 Å². The largest absolute Gasteiger partial charge is 0.350 e. The molecule has 1 saturated heterocycles. The number of nitrogens with zero attached hydrogens (tertiary/aromatic N) is 2. The van der Waals surface area contributed by atoms with Crippen molar-refractivity contribution in [1.29, 1.82) is 0 Å². The highest BCUT2D eigenvalue weighted by Crippen LogP contribution is 2.23. The summed E-state index contributed by atoms with van der Waals surface area (Å²) >= 11 is 0. The van der Waals surface area contributed by atoms with Gasteiger partial charge in [0.1, 0.15) is 0 Å². The third-order valence-electron chi connectivity index (χ3n) is 4.41. The molecule has 2 heterocycles. The Morgan fingerprint density at radius 2 is 2.36 bits per heavy atom. The van der Waals surface area contributed by atoms with Gasteiger partial charge in [0.2, 0.25) is 5.91 Å². The third-order valence-corrected chi connectivity index (χ3v) is 4.41. The van der Waals surface area contributed by atoms with Crippen molar-refractivity contribution in [2.45, 2.75) is 38.3 Å². The van der Waals surface area contributed by atoms with Gasteiger partial charge in [-0.25, -0.2) is 4.68 Å². The molecule has 1 aromatic carbocycles. The molecular weight excluding hydrogens is 276 g/mol. The summed E-state index contributed by atoms with van der Waals surface area (Å²) in [6, 6.07) is 9.96. The van der Waals surface area contributed by atoms with Gasteiger partial charge < -0.3 is 10.6 Å². The second-order valence-corrected chi connectivity index (χ2v) is 5.77. The van der Waals surface area contributed by atoms with E-state index < -0.39 is 0 Å². The zero-order valence-corrected chi connectivity index (χ0v) is 12.9. The van der Waals surface area contributed by atoms with Gasteiger partial charge in [-0.2, -0.15) is 5.10 Å². The summed E-state index contributed by atoms with van der Waals surface area (Å²) in [7, 11) is 0. The van der Waals surface area contributed by atoms with Crippen molar-refractivity contribution >= 4 is 5.91 Å². The molecule has 1 aliphatic heterocycles. The number of aromatic nitrogens is 2. The maximum absolute atomic E-state index is 12.5. The molecule has 1 aliphatic rings. The summed E-state index contributed by atoms with van der Waals surface area (Å²) in [5.41, 5.74) is 1.70. The maximum atomic E-state index is 12.5. The fourth-order valence-electron chi connectivity index (χ4n) is 3.04. The highest BCUT2D eigenvalue weighted by Gasteiger charge is 2.38. The Balaban J connectivity index is 1.66. The average Bonchev–Trinajstić information content (AvgIpc) is 3.24. The molecule has 1 atom stereocenters. The van der Waals surface area contributed by atoms with Crippen LogP contribution in [0.2, 0.25) is 0 Å². The van der Waals surface area contributed by atoms with Gasteiger partial charge in [-0.1, -0.05) is 19.1 Å². The maximum Gasteiger partial charge on any atom is 0.240 e. The molecule has 1 fully saturated rings. The van der Waals surface area contributed by atoms with Crippen LogP contribution in [0.4, 0.5) is 0 Å². The molecule has 0 unspecified atom stereocenters. The van der Waals surface area contributed by atoms with Crippen molar-refractivity contribution in [2.24, 2.45) is 0 Å². The number of hydrogen-bond acceptors (Lipinski definition) is 3. The van der Waals surface area contributed by atoms with Gasteiger partial charge in [-0.3, -0.25) is 4.79 Å². The Kier molecular flexibility index (Phi) is 4.24. The summed E-state index contributed by atoms with van der Waals surface area (Å²) < 4.78 is 1.82. The lowest BCUT2D eigenvalue weighted by Gasteiger charge is -2.26. The van der Waals surface area contributed by atoms with Crippen LogP contribution in [-0.2, 0) is 11.3 Å². The number of hydrogen-bond donors (Lipinski definition) is 2. The number of nitrogens with one attached hydrogen (secondary N) is 2. The summed E-state index contributed by atoms with van der Waals surface area (Å²) in [6.07, 6.45) is 6.47. The molecule has 0 radical (unpaired) electrons. The SMILES string of the molecule is CC[C@]1(C(=O)NCc2cccc(-n3cccn3)c2)CCCN1. The van der Waals surface area contributed by atoms with Crippen LogP contribution >= 0.6 is 0 Å². The molecule has 22 heavy (non-hydrogen) atoms. The Morgan fingerprint density at radius 3 is 3.05 bits per heavy atom. The zero-order valence-electron chi connectivity index (χ0n) is 12.9. The van der Waals surface area contributed by atoms with Crippen LogP contribution < -0.4 is 10.6 Å². The molecule has 0 bridgehead atoms. The van der Waals surface area contributed by atoms with Gasteiger partial charge in [-0.15, -0.1) is 0 Å². The first-order valence-electron chi connectivity index (χ1n) is 7.86. The van der Waals surface area contributed by atoms with E-state index in [1.807, 2.05) is 41.2 Å². The normalized spacial score (nSPS) is 21.0. The van der Waals surface area contributed by atoms with Gasteiger partial charge >= 0.3 is 0 Å². The van der Waals surface area contributed by atoms with Crippen molar-refractivity contribution in [3.05, 3.63) is 48.3 Å². The van der Waals surface area contributed by atoms with Crippen LogP contribution in [0.25, 0.3) is 5.69 Å². The Labute approximate surface area is 130 Å². The molecule has 116 valence electrons. The van der Waals surface area contributed by atoms with E-state index in [9.17, 15) is 4.79 Å². The summed E-state index contributed by atoms with van der Waals surface area (Å²) in [5.74, 6) is 0.108. The van der Waals surface area contributed by atoms with Crippen molar-refractivity contribution < 1.29 is 4.79 Å². The number of carbonyl (C=O) groups excluding carboxylic acids is 1. The van der Waals surface area contributed by atoms with E-state index in [4.69, 9.17) is 0 Å². The van der Waals surface area contributed by atoms with Crippen molar-refractivity contribution in [3.63, 3.8) is 0 Å². The number of benzene rings is 1. The molecular formula is C17H22N4O. The Bertz CT molecular complexity index is 630. The first-order valence-corrected chi connectivity index (χ1v) is 7.86. The second kappa shape index (κ2) is 6.32. The van der Waals surface area contributed by atoms with Crippen molar-refractivity contribution in [2.75, 3.05) is 6.54 Å². The van der Waals surface area contributed by atoms with E-state index in [1.54, 1.807) is 6.20 Å². The van der Waals surface area contributed by atoms with Crippen LogP contribution in [-0.4, -0.2) is 27.8 Å². The average molecular weight is 298 g/mol. The van der Waals surface area contributed by atoms with Gasteiger partial charge in [0.05, 0.1) is 11.2 Å². The quantitative estimate of drug-likeness (QED) is 0.888. The van der Waals surface area contributed by atoms with Crippen LogP contribution in [0.5, 0.6) is 0 Å². The Morgan fingerprint density at radius 1 is 1.45 bits per heavy atom. The van der Waals surface area contributed by atoms with Crippen molar-refractivity contribution in [1.82, 2.24) is 20.4 Å². The molecule has 2 aromatic rings. The molecule has 0 saturated carbocycles. The molecule has 1 amide bonds. The van der Waals surface area contributed by atoms with Gasteiger partial charge in [0.15, 0.2) is 0 Å². The fourth-order valence-corrected chi connectivity index (χ4v) is 3.04. The van der Waals surface area contributed by atoms with E-state index in [2.05, 4.69) is 22.7 Å². The lowest BCUT2D eigenvalue weighted by Crippen LogP contribution is -2.52. The van der Waals surface area contributed by atoms with E-state index in [1.165, 1.54) is 0 Å². The topological polar surface area (TPSA) is 59.0 Å². The van der Waals surface area contributed by atoms with Crippen LogP contribution in [0.15, 0.2) is 42.7 Å². The monoisotopic (exact) mass is 298 g/mol. The van der Waals surface area contributed by atoms with Gasteiger partial charge in [0, 0.05) is 18.9 Å². The summed E-state index contributed by atoms with van der Waals surface area (Å²) in [6.45, 7) is 3.53. The first-order chi connectivity index (χ1) is 10.7. The minimum Gasteiger partial charge on any atom is -0.350 e. The third kappa shape index (κ3) is 2.90. The first kappa shape index (κ1) is 14.8. The minimum atomic E-state index is -0.375. The molecule has 5 heteroatoms. The van der Waals surface area contributed by atoms with Crippen LogP contribution in [0.3, 0.4) is 0 Å². The van der Waals surface area contributed by atoms with Gasteiger partial charge in [-0.05, 0) is 49.6 Å². The molecule has 5 nitrogen and oxygen atoms in total. The molecule has 2 N–H and O–H groups in total. The highest BCUT2D eigenvalue weighted by atomic mass is 16.2. The molecule has 0 aliphatic carbocycles. The molecule has 0 spiro atoms. The summed E-state index contributed by atoms with van der Waals surface area (Å²) in [5, 5.41) is 10.7. The van der Waals surface area contributed by atoms with E-state index in [0.29, 0.717) is 6.54 Å². The zero-order chi connectivity index (χ0) is 15.4. The van der Waals surface area contributed by atoms with Crippen molar-refractivity contribution in [3.8, 4) is 5.69 Å². The Hall–Kier alpha value is -2.14. The van der Waals surface area contributed by atoms with Gasteiger partial charge in [0.25, 0.3) is 0 Å². The fraction of sp³-hybridized carbons (Fsp3) is 0.412. The lowest BCUT2D eigenvalue weighted by atomic mass is 9.93. The standard InChI is InChI=1S/C17H22N4O/c1-2-17(8-4-9-19-17)16(22)18-13-14-6-3-7-15(12-14)21-11-5-10-20-21/h3,5-7,10-12,19H,2,4,8-9,13H2,1H3,(H,18,22)/t17-/m1/s1. The highest BCUT2D eigenvalue weighted by molar-refractivity contribution is 5.86. The second-order valence-electron chi connectivity index (χ2n) is 5.77. The summed E-state index contributed by atoms with van der Waals surface area (Å²) in [4.78, 5) is 12.5. The van der Waals surface area contributed by atoms with Crippen LogP contribution in [0.1, 0.15) is 31.7 Å². The number of carbonyl (C=O) groups is 1. The molecule has 3 rings (SSSR count). The predicted octanol–water partition coefficient (Wildman–Crippen LogP) is 2.02. The smallest absolute Gasteiger partial charge is 0.240 e. The number of rotatable bonds is 5. The lowest BCUT2D eigenvalue weighted by molar-refractivity contribution is -0.127. The van der Waals surface area contributed by atoms with E-state index >= 15 is 0 Å². The number of amides is 1. The van der Waals surface area contributed by atoms with Crippen LogP contribution in [0, 0.1) is 0 Å².